The summed E-state index contributed by atoms with van der Waals surface area (Å²) in [6.45, 7) is 3.03. The quantitative estimate of drug-likeness (QED) is 0.761. The largest absolute Gasteiger partial charge is 0.354 e. The molecule has 3 rings (SSSR count). The molecule has 118 valence electrons. The molecule has 0 spiro atoms. The van der Waals surface area contributed by atoms with Crippen LogP contribution in [0.15, 0.2) is 54.6 Å². The first-order valence-corrected chi connectivity index (χ1v) is 8.02. The van der Waals surface area contributed by atoms with E-state index in [0.29, 0.717) is 13.1 Å². The summed E-state index contributed by atoms with van der Waals surface area (Å²) in [6, 6.07) is 18.1. The average Bonchev–Trinajstić information content (AvgIpc) is 2.94. The first kappa shape index (κ1) is 15.3. The molecule has 3 aromatic rings. The zero-order valence-electron chi connectivity index (χ0n) is 13.3. The van der Waals surface area contributed by atoms with Gasteiger partial charge in [-0.25, -0.2) is 4.98 Å². The van der Waals surface area contributed by atoms with Crippen molar-refractivity contribution < 1.29 is 4.79 Å². The van der Waals surface area contributed by atoms with Crippen molar-refractivity contribution in [3.63, 3.8) is 0 Å². The van der Waals surface area contributed by atoms with Gasteiger partial charge in [0.2, 0.25) is 5.91 Å². The fraction of sp³-hybridized carbons (Fsp3) is 0.263. The summed E-state index contributed by atoms with van der Waals surface area (Å²) in [5.74, 6) is 0.975. The van der Waals surface area contributed by atoms with Crippen LogP contribution in [0.25, 0.3) is 11.0 Å². The first-order valence-electron chi connectivity index (χ1n) is 8.02. The molecule has 1 N–H and O–H groups in total. The van der Waals surface area contributed by atoms with Crippen molar-refractivity contribution in [3.8, 4) is 0 Å². The van der Waals surface area contributed by atoms with Crippen molar-refractivity contribution in [2.24, 2.45) is 0 Å². The molecule has 2 aromatic carbocycles. The van der Waals surface area contributed by atoms with E-state index in [4.69, 9.17) is 0 Å². The molecule has 0 saturated heterocycles. The molecule has 23 heavy (non-hydrogen) atoms. The fourth-order valence-electron chi connectivity index (χ4n) is 2.76. The number of para-hydroxylation sites is 2. The van der Waals surface area contributed by atoms with Crippen LogP contribution in [-0.2, 0) is 24.2 Å². The van der Waals surface area contributed by atoms with Gasteiger partial charge in [0.05, 0.1) is 11.0 Å². The van der Waals surface area contributed by atoms with Crippen LogP contribution < -0.4 is 5.32 Å². The highest BCUT2D eigenvalue weighted by atomic mass is 16.1. The van der Waals surface area contributed by atoms with Gasteiger partial charge >= 0.3 is 0 Å². The zero-order chi connectivity index (χ0) is 16.1. The van der Waals surface area contributed by atoms with Crippen molar-refractivity contribution >= 4 is 16.9 Å². The highest BCUT2D eigenvalue weighted by Crippen LogP contribution is 2.16. The topological polar surface area (TPSA) is 46.9 Å². The van der Waals surface area contributed by atoms with E-state index in [9.17, 15) is 4.79 Å². The number of imidazole rings is 1. The van der Waals surface area contributed by atoms with E-state index in [2.05, 4.69) is 29.4 Å². The summed E-state index contributed by atoms with van der Waals surface area (Å²) in [6.07, 6.45) is 1.66. The number of amides is 1. The molecule has 0 aliphatic rings. The molecule has 0 unspecified atom stereocenters. The summed E-state index contributed by atoms with van der Waals surface area (Å²) in [4.78, 5) is 16.8. The number of fused-ring (bicyclic) bond motifs is 1. The van der Waals surface area contributed by atoms with Gasteiger partial charge in [-0.2, -0.15) is 0 Å². The minimum absolute atomic E-state index is 0.0267. The van der Waals surface area contributed by atoms with E-state index in [1.807, 2.05) is 47.0 Å². The van der Waals surface area contributed by atoms with Crippen LogP contribution in [0.1, 0.15) is 18.3 Å². The van der Waals surface area contributed by atoms with Gasteiger partial charge in [-0.3, -0.25) is 4.79 Å². The Morgan fingerprint density at radius 1 is 1.09 bits per heavy atom. The molecule has 4 heteroatoms. The lowest BCUT2D eigenvalue weighted by atomic mass is 10.1. The Morgan fingerprint density at radius 3 is 2.61 bits per heavy atom. The third kappa shape index (κ3) is 3.59. The number of nitrogens with one attached hydrogen (secondary N) is 1. The number of rotatable bonds is 6. The van der Waals surface area contributed by atoms with Gasteiger partial charge < -0.3 is 9.88 Å². The molecule has 1 amide bonds. The number of aryl methyl sites for hydroxylation is 1. The Kier molecular flexibility index (Phi) is 4.71. The lowest BCUT2D eigenvalue weighted by Crippen LogP contribution is -2.29. The lowest BCUT2D eigenvalue weighted by Gasteiger charge is -2.09. The van der Waals surface area contributed by atoms with E-state index >= 15 is 0 Å². The molecule has 0 atom stereocenters. The van der Waals surface area contributed by atoms with E-state index in [-0.39, 0.29) is 5.91 Å². The van der Waals surface area contributed by atoms with Crippen LogP contribution in [0, 0.1) is 0 Å². The Hall–Kier alpha value is -2.62. The predicted octanol–water partition coefficient (Wildman–Crippen LogP) is 2.96. The summed E-state index contributed by atoms with van der Waals surface area (Å²) >= 11 is 0. The maximum atomic E-state index is 12.3. The van der Waals surface area contributed by atoms with Crippen LogP contribution >= 0.6 is 0 Å². The third-order valence-corrected chi connectivity index (χ3v) is 3.93. The number of aromatic nitrogens is 2. The van der Waals surface area contributed by atoms with Gasteiger partial charge in [-0.15, -0.1) is 0 Å². The van der Waals surface area contributed by atoms with E-state index < -0.39 is 0 Å². The number of hydrogen-bond acceptors (Lipinski definition) is 2. The van der Waals surface area contributed by atoms with Gasteiger partial charge in [0.15, 0.2) is 0 Å². The summed E-state index contributed by atoms with van der Waals surface area (Å²) in [7, 11) is 0. The molecule has 0 radical (unpaired) electrons. The molecule has 1 heterocycles. The molecule has 0 aliphatic heterocycles. The number of carbonyl (C=O) groups is 1. The monoisotopic (exact) mass is 307 g/mol. The Labute approximate surface area is 136 Å². The van der Waals surface area contributed by atoms with E-state index in [1.165, 1.54) is 5.56 Å². The lowest BCUT2D eigenvalue weighted by molar-refractivity contribution is -0.121. The molecular weight excluding hydrogens is 286 g/mol. The Bertz CT molecular complexity index is 793. The number of carbonyl (C=O) groups excluding carboxylic acids is 1. The fourth-order valence-corrected chi connectivity index (χ4v) is 2.76. The van der Waals surface area contributed by atoms with Crippen molar-refractivity contribution in [1.29, 1.82) is 0 Å². The standard InChI is InChI=1S/C19H21N3O/c1-2-18-21-16-10-6-7-11-17(16)22(18)14-19(23)20-13-12-15-8-4-3-5-9-15/h3-11H,2,12-14H2,1H3,(H,20,23). The van der Waals surface area contributed by atoms with Gasteiger partial charge in [-0.1, -0.05) is 49.4 Å². The van der Waals surface area contributed by atoms with Crippen LogP contribution in [-0.4, -0.2) is 22.0 Å². The van der Waals surface area contributed by atoms with Crippen LogP contribution in [0.2, 0.25) is 0 Å². The van der Waals surface area contributed by atoms with Crippen molar-refractivity contribution in [3.05, 3.63) is 66.0 Å². The van der Waals surface area contributed by atoms with E-state index in [1.54, 1.807) is 0 Å². The van der Waals surface area contributed by atoms with Crippen molar-refractivity contribution in [2.75, 3.05) is 6.54 Å². The summed E-state index contributed by atoms with van der Waals surface area (Å²) in [5, 5.41) is 3.00. The normalized spacial score (nSPS) is 10.8. The number of benzene rings is 2. The number of hydrogen-bond donors (Lipinski definition) is 1. The Balaban J connectivity index is 1.64. The Morgan fingerprint density at radius 2 is 1.83 bits per heavy atom. The molecule has 0 fully saturated rings. The van der Waals surface area contributed by atoms with Gasteiger partial charge in [-0.05, 0) is 24.1 Å². The van der Waals surface area contributed by atoms with Crippen LogP contribution in [0.5, 0.6) is 0 Å². The summed E-state index contributed by atoms with van der Waals surface area (Å²) < 4.78 is 2.01. The zero-order valence-corrected chi connectivity index (χ0v) is 13.3. The molecule has 0 aliphatic carbocycles. The van der Waals surface area contributed by atoms with Gasteiger partial charge in [0, 0.05) is 13.0 Å². The summed E-state index contributed by atoms with van der Waals surface area (Å²) in [5.41, 5.74) is 3.19. The number of nitrogens with zero attached hydrogens (tertiary/aromatic N) is 2. The second-order valence-electron chi connectivity index (χ2n) is 5.54. The van der Waals surface area contributed by atoms with Crippen LogP contribution in [0.4, 0.5) is 0 Å². The van der Waals surface area contributed by atoms with Gasteiger partial charge in [0.1, 0.15) is 12.4 Å². The minimum Gasteiger partial charge on any atom is -0.354 e. The molecular formula is C19H21N3O. The highest BCUT2D eigenvalue weighted by molar-refractivity contribution is 5.81. The van der Waals surface area contributed by atoms with Crippen molar-refractivity contribution in [1.82, 2.24) is 14.9 Å². The van der Waals surface area contributed by atoms with Gasteiger partial charge in [0.25, 0.3) is 0 Å². The highest BCUT2D eigenvalue weighted by Gasteiger charge is 2.11. The molecule has 4 nitrogen and oxygen atoms in total. The molecule has 0 bridgehead atoms. The smallest absolute Gasteiger partial charge is 0.240 e. The molecule has 1 aromatic heterocycles. The predicted molar refractivity (Wildman–Crippen MR) is 92.3 cm³/mol. The maximum Gasteiger partial charge on any atom is 0.240 e. The maximum absolute atomic E-state index is 12.3. The minimum atomic E-state index is 0.0267. The second-order valence-corrected chi connectivity index (χ2v) is 5.54. The second kappa shape index (κ2) is 7.09. The third-order valence-electron chi connectivity index (χ3n) is 3.93. The SMILES string of the molecule is CCc1nc2ccccc2n1CC(=O)NCCc1ccccc1. The average molecular weight is 307 g/mol. The van der Waals surface area contributed by atoms with Crippen molar-refractivity contribution in [2.45, 2.75) is 26.3 Å². The van der Waals surface area contributed by atoms with Crippen LogP contribution in [0.3, 0.4) is 0 Å². The first-order chi connectivity index (χ1) is 11.3. The van der Waals surface area contributed by atoms with E-state index in [0.717, 1.165) is 29.7 Å². The molecule has 0 saturated carbocycles.